The van der Waals surface area contributed by atoms with Gasteiger partial charge >= 0.3 is 0 Å². The zero-order valence-corrected chi connectivity index (χ0v) is 10.8. The molecule has 0 amide bonds. The summed E-state index contributed by atoms with van der Waals surface area (Å²) in [7, 11) is 3.72. The largest absolute Gasteiger partial charge is 0.381 e. The summed E-state index contributed by atoms with van der Waals surface area (Å²) in [4.78, 5) is 17.5. The molecule has 0 radical (unpaired) electrons. The van der Waals surface area contributed by atoms with E-state index in [1.165, 1.54) is 6.08 Å². The fraction of sp³-hybridized carbons (Fsp3) is 0.273. The van der Waals surface area contributed by atoms with Crippen molar-refractivity contribution in [2.24, 2.45) is 0 Å². The third-order valence-electron chi connectivity index (χ3n) is 2.13. The zero-order valence-electron chi connectivity index (χ0n) is 9.29. The average Bonchev–Trinajstić information content (AvgIpc) is 2.16. The summed E-state index contributed by atoms with van der Waals surface area (Å²) < 4.78 is 0. The topological polar surface area (TPSA) is 33.2 Å². The maximum absolute atomic E-state index is 11.8. The number of hydrogen-bond donors (Lipinski definition) is 0. The number of carbonyl (C=O) groups is 1. The van der Waals surface area contributed by atoms with Crippen molar-refractivity contribution in [1.82, 2.24) is 9.88 Å². The predicted octanol–water partition coefficient (Wildman–Crippen LogP) is 3.04. The van der Waals surface area contributed by atoms with Crippen LogP contribution in [0.5, 0.6) is 0 Å². The first kappa shape index (κ1) is 13.0. The smallest absolute Gasteiger partial charge is 0.190 e. The Morgan fingerprint density at radius 1 is 1.38 bits per heavy atom. The molecule has 1 aromatic rings. The number of aromatic nitrogens is 1. The van der Waals surface area contributed by atoms with Crippen molar-refractivity contribution in [1.29, 1.82) is 0 Å². The molecule has 16 heavy (non-hydrogen) atoms. The van der Waals surface area contributed by atoms with Gasteiger partial charge in [0.25, 0.3) is 0 Å². The molecular weight excluding hydrogens is 247 g/mol. The maximum Gasteiger partial charge on any atom is 0.190 e. The molecule has 5 heteroatoms. The number of hydrogen-bond acceptors (Lipinski definition) is 3. The molecule has 86 valence electrons. The van der Waals surface area contributed by atoms with E-state index in [9.17, 15) is 4.79 Å². The summed E-state index contributed by atoms with van der Waals surface area (Å²) in [6.07, 6.45) is 1.51. The molecule has 0 bridgehead atoms. The van der Waals surface area contributed by atoms with E-state index in [1.807, 2.05) is 25.9 Å². The van der Waals surface area contributed by atoms with Crippen LogP contribution in [0.3, 0.4) is 0 Å². The van der Waals surface area contributed by atoms with E-state index >= 15 is 0 Å². The lowest BCUT2D eigenvalue weighted by atomic mass is 10.1. The lowest BCUT2D eigenvalue weighted by Gasteiger charge is -2.11. The quantitative estimate of drug-likeness (QED) is 0.475. The second kappa shape index (κ2) is 5.32. The minimum absolute atomic E-state index is 0.125. The molecule has 1 heterocycles. The molecule has 0 aliphatic rings. The average molecular weight is 259 g/mol. The van der Waals surface area contributed by atoms with E-state index in [0.29, 0.717) is 5.56 Å². The summed E-state index contributed by atoms with van der Waals surface area (Å²) in [5, 5.41) is 0.398. The number of ketones is 1. The first-order valence-corrected chi connectivity index (χ1v) is 5.39. The van der Waals surface area contributed by atoms with E-state index in [0.717, 1.165) is 5.70 Å². The first-order valence-electron chi connectivity index (χ1n) is 4.64. The summed E-state index contributed by atoms with van der Waals surface area (Å²) in [6, 6.07) is 3.11. The summed E-state index contributed by atoms with van der Waals surface area (Å²) in [5.74, 6) is -0.180. The van der Waals surface area contributed by atoms with Crippen molar-refractivity contribution in [2.45, 2.75) is 6.92 Å². The van der Waals surface area contributed by atoms with E-state index < -0.39 is 0 Å². The molecule has 0 N–H and O–H groups in total. The van der Waals surface area contributed by atoms with Crippen LogP contribution in [0.2, 0.25) is 10.3 Å². The fourth-order valence-corrected chi connectivity index (χ4v) is 1.43. The van der Waals surface area contributed by atoms with E-state index in [1.54, 1.807) is 12.1 Å². The van der Waals surface area contributed by atoms with Crippen molar-refractivity contribution in [3.05, 3.63) is 39.8 Å². The Hall–Kier alpha value is -1.06. The highest BCUT2D eigenvalue weighted by Gasteiger charge is 2.10. The van der Waals surface area contributed by atoms with Crippen molar-refractivity contribution in [2.75, 3.05) is 14.1 Å². The molecule has 0 aliphatic carbocycles. The molecule has 1 rings (SSSR count). The molecule has 0 aromatic carbocycles. The van der Waals surface area contributed by atoms with Gasteiger partial charge in [0.15, 0.2) is 5.78 Å². The van der Waals surface area contributed by atoms with Crippen LogP contribution < -0.4 is 0 Å². The minimum atomic E-state index is -0.180. The van der Waals surface area contributed by atoms with Crippen LogP contribution in [0.4, 0.5) is 0 Å². The highest BCUT2D eigenvalue weighted by molar-refractivity contribution is 6.35. The van der Waals surface area contributed by atoms with E-state index in [2.05, 4.69) is 4.98 Å². The van der Waals surface area contributed by atoms with Crippen LogP contribution in [-0.2, 0) is 0 Å². The Bertz CT molecular complexity index is 442. The van der Waals surface area contributed by atoms with Gasteiger partial charge in [-0.1, -0.05) is 23.2 Å². The minimum Gasteiger partial charge on any atom is -0.381 e. The number of carbonyl (C=O) groups excluding carboxylic acids is 1. The van der Waals surface area contributed by atoms with Gasteiger partial charge < -0.3 is 4.90 Å². The molecule has 0 unspecified atom stereocenters. The van der Waals surface area contributed by atoms with Gasteiger partial charge in [0.1, 0.15) is 10.3 Å². The Morgan fingerprint density at radius 2 is 2.00 bits per heavy atom. The molecule has 0 saturated carbocycles. The second-order valence-corrected chi connectivity index (χ2v) is 4.26. The molecule has 0 fully saturated rings. The van der Waals surface area contributed by atoms with Crippen LogP contribution in [0.25, 0.3) is 0 Å². The van der Waals surface area contributed by atoms with Gasteiger partial charge in [0, 0.05) is 25.9 Å². The van der Waals surface area contributed by atoms with E-state index in [4.69, 9.17) is 23.2 Å². The van der Waals surface area contributed by atoms with Crippen molar-refractivity contribution in [3.63, 3.8) is 0 Å². The van der Waals surface area contributed by atoms with Gasteiger partial charge in [-0.3, -0.25) is 4.79 Å². The molecule has 0 atom stereocenters. The van der Waals surface area contributed by atoms with Crippen molar-refractivity contribution in [3.8, 4) is 0 Å². The Balaban J connectivity index is 3.02. The SMILES string of the molecule is C/C(=C\C(=O)c1ccc(Cl)nc1Cl)N(C)C. The van der Waals surface area contributed by atoms with Gasteiger partial charge in [-0.25, -0.2) is 4.98 Å². The maximum atomic E-state index is 11.8. The number of rotatable bonds is 3. The Morgan fingerprint density at radius 3 is 2.50 bits per heavy atom. The van der Waals surface area contributed by atoms with Gasteiger partial charge in [-0.05, 0) is 19.1 Å². The number of pyridine rings is 1. The summed E-state index contributed by atoms with van der Waals surface area (Å²) in [6.45, 7) is 1.84. The lowest BCUT2D eigenvalue weighted by Crippen LogP contribution is -2.10. The molecule has 3 nitrogen and oxygen atoms in total. The van der Waals surface area contributed by atoms with E-state index in [-0.39, 0.29) is 16.1 Å². The van der Waals surface area contributed by atoms with Crippen LogP contribution in [-0.4, -0.2) is 29.8 Å². The van der Waals surface area contributed by atoms with Gasteiger partial charge in [-0.15, -0.1) is 0 Å². The van der Waals surface area contributed by atoms with Crippen molar-refractivity contribution >= 4 is 29.0 Å². The molecule has 0 spiro atoms. The normalized spacial score (nSPS) is 11.4. The first-order chi connectivity index (χ1) is 7.41. The highest BCUT2D eigenvalue weighted by Crippen LogP contribution is 2.18. The van der Waals surface area contributed by atoms with Gasteiger partial charge in [0.2, 0.25) is 0 Å². The third kappa shape index (κ3) is 3.22. The third-order valence-corrected chi connectivity index (χ3v) is 2.62. The standard InChI is InChI=1S/C11H12Cl2N2O/c1-7(15(2)3)6-9(16)8-4-5-10(12)14-11(8)13/h4-6H,1-3H3/b7-6+. The highest BCUT2D eigenvalue weighted by atomic mass is 35.5. The van der Waals surface area contributed by atoms with Gasteiger partial charge in [0.05, 0.1) is 5.56 Å². The van der Waals surface area contributed by atoms with Crippen molar-refractivity contribution < 1.29 is 4.79 Å². The number of nitrogens with zero attached hydrogens (tertiary/aromatic N) is 2. The van der Waals surface area contributed by atoms with Crippen LogP contribution >= 0.6 is 23.2 Å². The monoisotopic (exact) mass is 258 g/mol. The second-order valence-electron chi connectivity index (χ2n) is 3.52. The lowest BCUT2D eigenvalue weighted by molar-refractivity contribution is 0.104. The Labute approximate surface area is 105 Å². The van der Waals surface area contributed by atoms with Crippen LogP contribution in [0.15, 0.2) is 23.9 Å². The molecule has 1 aromatic heterocycles. The Kier molecular flexibility index (Phi) is 4.33. The summed E-state index contributed by atoms with van der Waals surface area (Å²) in [5.41, 5.74) is 1.20. The summed E-state index contributed by atoms with van der Waals surface area (Å²) >= 11 is 11.5. The number of allylic oxidation sites excluding steroid dienone is 2. The number of halogens is 2. The molecule has 0 aliphatic heterocycles. The predicted molar refractivity (Wildman–Crippen MR) is 66.0 cm³/mol. The molecule has 0 saturated heterocycles. The van der Waals surface area contributed by atoms with Crippen LogP contribution in [0.1, 0.15) is 17.3 Å². The zero-order chi connectivity index (χ0) is 12.3. The fourth-order valence-electron chi connectivity index (χ4n) is 0.992. The van der Waals surface area contributed by atoms with Crippen LogP contribution in [0, 0.1) is 0 Å². The molecular formula is C11H12Cl2N2O. The van der Waals surface area contributed by atoms with Gasteiger partial charge in [-0.2, -0.15) is 0 Å².